The van der Waals surface area contributed by atoms with Gasteiger partial charge in [0.1, 0.15) is 5.82 Å². The van der Waals surface area contributed by atoms with Crippen LogP contribution in [0.5, 0.6) is 0 Å². The van der Waals surface area contributed by atoms with Gasteiger partial charge in [0.05, 0.1) is 5.56 Å². The van der Waals surface area contributed by atoms with Crippen molar-refractivity contribution in [3.63, 3.8) is 0 Å². The predicted molar refractivity (Wildman–Crippen MR) is 71.5 cm³/mol. The summed E-state index contributed by atoms with van der Waals surface area (Å²) in [5, 5.41) is 0. The summed E-state index contributed by atoms with van der Waals surface area (Å²) in [7, 11) is 0. The summed E-state index contributed by atoms with van der Waals surface area (Å²) in [6.45, 7) is 7.52. The van der Waals surface area contributed by atoms with Gasteiger partial charge in [-0.05, 0) is 32.9 Å². The van der Waals surface area contributed by atoms with E-state index in [1.165, 1.54) is 6.20 Å². The molecule has 0 amide bonds. The van der Waals surface area contributed by atoms with Crippen LogP contribution in [-0.2, 0) is 4.74 Å². The molecule has 1 unspecified atom stereocenters. The first-order valence-corrected chi connectivity index (χ1v) is 6.00. The first-order chi connectivity index (χ1) is 8.62. The zero-order valence-corrected chi connectivity index (χ0v) is 11.0. The summed E-state index contributed by atoms with van der Waals surface area (Å²) in [6, 6.07) is 3.51. The number of ether oxygens (including phenoxy) is 1. The molecule has 18 heavy (non-hydrogen) atoms. The molecule has 0 radical (unpaired) electrons. The molecule has 0 aliphatic heterocycles. The van der Waals surface area contributed by atoms with Crippen LogP contribution in [0.4, 0.5) is 5.82 Å². The van der Waals surface area contributed by atoms with Crippen LogP contribution in [0.3, 0.4) is 0 Å². The van der Waals surface area contributed by atoms with Crippen LogP contribution in [-0.4, -0.2) is 30.1 Å². The zero-order valence-electron chi connectivity index (χ0n) is 11.0. The van der Waals surface area contributed by atoms with Crippen molar-refractivity contribution >= 4 is 11.8 Å². The van der Waals surface area contributed by atoms with E-state index in [0.29, 0.717) is 5.56 Å². The Bertz CT molecular complexity index is 430. The van der Waals surface area contributed by atoms with E-state index in [4.69, 9.17) is 11.2 Å². The molecular weight excluding hydrogens is 228 g/mol. The lowest BCUT2D eigenvalue weighted by Crippen LogP contribution is -2.23. The second-order valence-electron chi connectivity index (χ2n) is 3.79. The number of anilines is 1. The Labute approximate surface area is 108 Å². The van der Waals surface area contributed by atoms with Crippen molar-refractivity contribution in [1.82, 2.24) is 4.98 Å². The van der Waals surface area contributed by atoms with E-state index in [0.717, 1.165) is 18.9 Å². The van der Waals surface area contributed by atoms with Crippen LogP contribution in [0.25, 0.3) is 0 Å². The number of terminal acetylenes is 1. The van der Waals surface area contributed by atoms with Gasteiger partial charge in [0.15, 0.2) is 6.10 Å². The Hall–Kier alpha value is -2.02. The number of esters is 1. The fraction of sp³-hybridized carbons (Fsp3) is 0.429. The topological polar surface area (TPSA) is 42.4 Å². The van der Waals surface area contributed by atoms with Gasteiger partial charge in [-0.2, -0.15) is 0 Å². The van der Waals surface area contributed by atoms with Crippen LogP contribution >= 0.6 is 0 Å². The lowest BCUT2D eigenvalue weighted by molar-refractivity contribution is 0.0438. The number of pyridine rings is 1. The van der Waals surface area contributed by atoms with Crippen LogP contribution < -0.4 is 4.90 Å². The van der Waals surface area contributed by atoms with Gasteiger partial charge in [0, 0.05) is 19.3 Å². The number of carbonyl (C=O) groups is 1. The monoisotopic (exact) mass is 246 g/mol. The van der Waals surface area contributed by atoms with Gasteiger partial charge in [0.25, 0.3) is 0 Å². The van der Waals surface area contributed by atoms with E-state index in [9.17, 15) is 4.79 Å². The maximum absolute atomic E-state index is 11.7. The van der Waals surface area contributed by atoms with E-state index in [1.54, 1.807) is 13.0 Å². The van der Waals surface area contributed by atoms with E-state index < -0.39 is 12.1 Å². The van der Waals surface area contributed by atoms with Crippen molar-refractivity contribution in [3.05, 3.63) is 23.9 Å². The minimum absolute atomic E-state index is 0.410. The Morgan fingerprint density at radius 1 is 1.50 bits per heavy atom. The lowest BCUT2D eigenvalue weighted by atomic mass is 10.2. The van der Waals surface area contributed by atoms with Crippen LogP contribution in [0.2, 0.25) is 0 Å². The molecule has 1 aromatic heterocycles. The minimum Gasteiger partial charge on any atom is -0.446 e. The average Bonchev–Trinajstić information content (AvgIpc) is 2.40. The molecule has 1 rings (SSSR count). The summed E-state index contributed by atoms with van der Waals surface area (Å²) in [5.74, 6) is 2.75. The third kappa shape index (κ3) is 3.49. The Morgan fingerprint density at radius 3 is 2.61 bits per heavy atom. The third-order valence-corrected chi connectivity index (χ3v) is 2.59. The number of rotatable bonds is 5. The molecule has 0 aliphatic carbocycles. The summed E-state index contributed by atoms with van der Waals surface area (Å²) >= 11 is 0. The molecule has 4 nitrogen and oxygen atoms in total. The number of carbonyl (C=O) groups excluding carboxylic acids is 1. The highest BCUT2D eigenvalue weighted by molar-refractivity contribution is 5.89. The van der Waals surface area contributed by atoms with Crippen molar-refractivity contribution in [2.24, 2.45) is 0 Å². The summed E-state index contributed by atoms with van der Waals surface area (Å²) in [5.41, 5.74) is 0.410. The molecule has 0 bridgehead atoms. The third-order valence-electron chi connectivity index (χ3n) is 2.59. The van der Waals surface area contributed by atoms with Crippen molar-refractivity contribution < 1.29 is 9.53 Å². The van der Waals surface area contributed by atoms with Gasteiger partial charge >= 0.3 is 5.97 Å². The highest BCUT2D eigenvalue weighted by Crippen LogP contribution is 2.11. The number of aromatic nitrogens is 1. The van der Waals surface area contributed by atoms with E-state index in [2.05, 4.69) is 29.7 Å². The molecule has 1 aromatic rings. The van der Waals surface area contributed by atoms with Gasteiger partial charge in [-0.3, -0.25) is 0 Å². The molecule has 1 atom stereocenters. The van der Waals surface area contributed by atoms with Crippen molar-refractivity contribution in [3.8, 4) is 12.3 Å². The fourth-order valence-electron chi connectivity index (χ4n) is 1.50. The van der Waals surface area contributed by atoms with Crippen LogP contribution in [0, 0.1) is 12.3 Å². The maximum atomic E-state index is 11.7. The molecule has 0 spiro atoms. The first kappa shape index (κ1) is 14.0. The van der Waals surface area contributed by atoms with Gasteiger partial charge in [-0.15, -0.1) is 6.42 Å². The molecule has 0 aromatic carbocycles. The largest absolute Gasteiger partial charge is 0.446 e. The molecule has 0 fully saturated rings. The molecule has 0 aliphatic rings. The van der Waals surface area contributed by atoms with Crippen molar-refractivity contribution in [2.75, 3.05) is 18.0 Å². The molecule has 1 heterocycles. The second-order valence-corrected chi connectivity index (χ2v) is 3.79. The lowest BCUT2D eigenvalue weighted by Gasteiger charge is -2.19. The SMILES string of the molecule is C#CC(C)OC(=O)c1ccc(N(CC)CC)nc1. The predicted octanol–water partition coefficient (Wildman–Crippen LogP) is 2.11. The molecule has 4 heteroatoms. The summed E-state index contributed by atoms with van der Waals surface area (Å²) < 4.78 is 5.01. The van der Waals surface area contributed by atoms with Crippen LogP contribution in [0.15, 0.2) is 18.3 Å². The molecule has 96 valence electrons. The Balaban J connectivity index is 2.77. The highest BCUT2D eigenvalue weighted by atomic mass is 16.5. The zero-order chi connectivity index (χ0) is 13.5. The maximum Gasteiger partial charge on any atom is 0.340 e. The van der Waals surface area contributed by atoms with Crippen molar-refractivity contribution in [1.29, 1.82) is 0 Å². The number of hydrogen-bond donors (Lipinski definition) is 0. The van der Waals surface area contributed by atoms with E-state index >= 15 is 0 Å². The first-order valence-electron chi connectivity index (χ1n) is 6.00. The number of hydrogen-bond acceptors (Lipinski definition) is 4. The molecule has 0 N–H and O–H groups in total. The second kappa shape index (κ2) is 6.65. The molecule has 0 saturated heterocycles. The van der Waals surface area contributed by atoms with Crippen molar-refractivity contribution in [2.45, 2.75) is 26.9 Å². The standard InChI is InChI=1S/C14H18N2O2/c1-5-11(4)18-14(17)12-8-9-13(15-10-12)16(6-2)7-3/h1,8-11H,6-7H2,2-4H3. The highest BCUT2D eigenvalue weighted by Gasteiger charge is 2.11. The molecule has 0 saturated carbocycles. The fourth-order valence-corrected chi connectivity index (χ4v) is 1.50. The van der Waals surface area contributed by atoms with Crippen LogP contribution in [0.1, 0.15) is 31.1 Å². The quantitative estimate of drug-likeness (QED) is 0.589. The molecular formula is C14H18N2O2. The summed E-state index contributed by atoms with van der Waals surface area (Å²) in [6.07, 6.45) is 6.13. The van der Waals surface area contributed by atoms with E-state index in [-0.39, 0.29) is 0 Å². The average molecular weight is 246 g/mol. The van der Waals surface area contributed by atoms with Gasteiger partial charge < -0.3 is 9.64 Å². The van der Waals surface area contributed by atoms with E-state index in [1.807, 2.05) is 6.07 Å². The van der Waals surface area contributed by atoms with Gasteiger partial charge in [-0.25, -0.2) is 9.78 Å². The van der Waals surface area contributed by atoms with Gasteiger partial charge in [-0.1, -0.05) is 5.92 Å². The normalized spacial score (nSPS) is 11.4. The van der Waals surface area contributed by atoms with Gasteiger partial charge in [0.2, 0.25) is 0 Å². The Kier molecular flexibility index (Phi) is 5.19. The minimum atomic E-state index is -0.528. The Morgan fingerprint density at radius 2 is 2.17 bits per heavy atom. The smallest absolute Gasteiger partial charge is 0.340 e. The summed E-state index contributed by atoms with van der Waals surface area (Å²) in [4.78, 5) is 18.0. The number of nitrogens with zero attached hydrogens (tertiary/aromatic N) is 2.